The van der Waals surface area contributed by atoms with Gasteiger partial charge >= 0.3 is 0 Å². The number of fused-ring (bicyclic) bond motifs is 1. The smallest absolute Gasteiger partial charge is 0.267 e. The van der Waals surface area contributed by atoms with E-state index in [0.717, 1.165) is 16.7 Å². The lowest BCUT2D eigenvalue weighted by molar-refractivity contribution is 0.103. The van der Waals surface area contributed by atoms with Crippen LogP contribution in [-0.4, -0.2) is 25.7 Å². The molecule has 0 aliphatic heterocycles. The standard InChI is InChI=1S/C13H14N6OS/c1-6-9-4-8(5-15-11(9)19(3)18-6)17-12(20)10-7(2)16-13(14)21-10/h4-5H,1-3H3,(H2,14,16)(H,17,20). The molecule has 0 atom stereocenters. The maximum atomic E-state index is 12.2. The number of nitrogens with one attached hydrogen (secondary N) is 1. The van der Waals surface area contributed by atoms with Gasteiger partial charge in [0.2, 0.25) is 0 Å². The quantitative estimate of drug-likeness (QED) is 0.753. The summed E-state index contributed by atoms with van der Waals surface area (Å²) in [6.07, 6.45) is 1.61. The van der Waals surface area contributed by atoms with Crippen molar-refractivity contribution in [2.45, 2.75) is 13.8 Å². The van der Waals surface area contributed by atoms with Crippen molar-refractivity contribution in [2.24, 2.45) is 7.05 Å². The highest BCUT2D eigenvalue weighted by atomic mass is 32.1. The Hall–Kier alpha value is -2.48. The van der Waals surface area contributed by atoms with E-state index in [-0.39, 0.29) is 5.91 Å². The molecule has 0 aromatic carbocycles. The zero-order valence-electron chi connectivity index (χ0n) is 11.8. The van der Waals surface area contributed by atoms with Crippen molar-refractivity contribution >= 4 is 39.1 Å². The number of pyridine rings is 1. The number of anilines is 2. The zero-order valence-corrected chi connectivity index (χ0v) is 12.7. The largest absolute Gasteiger partial charge is 0.375 e. The Kier molecular flexibility index (Phi) is 3.09. The maximum Gasteiger partial charge on any atom is 0.267 e. The van der Waals surface area contributed by atoms with E-state index in [2.05, 4.69) is 20.4 Å². The summed E-state index contributed by atoms with van der Waals surface area (Å²) >= 11 is 1.17. The van der Waals surface area contributed by atoms with E-state index in [0.29, 0.717) is 21.4 Å². The number of rotatable bonds is 2. The number of thiazole rings is 1. The molecule has 3 rings (SSSR count). The topological polar surface area (TPSA) is 98.7 Å². The number of nitrogens with zero attached hydrogens (tertiary/aromatic N) is 4. The molecule has 3 aromatic heterocycles. The lowest BCUT2D eigenvalue weighted by Gasteiger charge is -2.04. The Balaban J connectivity index is 1.93. The number of amides is 1. The van der Waals surface area contributed by atoms with Gasteiger partial charge < -0.3 is 11.1 Å². The van der Waals surface area contributed by atoms with Crippen LogP contribution >= 0.6 is 11.3 Å². The predicted octanol–water partition coefficient (Wildman–Crippen LogP) is 1.88. The van der Waals surface area contributed by atoms with Crippen LogP contribution in [0.5, 0.6) is 0 Å². The van der Waals surface area contributed by atoms with E-state index in [1.165, 1.54) is 11.3 Å². The van der Waals surface area contributed by atoms with Crippen molar-refractivity contribution in [1.29, 1.82) is 0 Å². The minimum absolute atomic E-state index is 0.232. The van der Waals surface area contributed by atoms with Gasteiger partial charge in [0.25, 0.3) is 5.91 Å². The monoisotopic (exact) mass is 302 g/mol. The average Bonchev–Trinajstić information content (AvgIpc) is 2.90. The van der Waals surface area contributed by atoms with Gasteiger partial charge in [-0.2, -0.15) is 5.10 Å². The van der Waals surface area contributed by atoms with E-state index in [1.54, 1.807) is 17.8 Å². The molecular formula is C13H14N6OS. The summed E-state index contributed by atoms with van der Waals surface area (Å²) in [5.41, 5.74) is 8.51. The van der Waals surface area contributed by atoms with Gasteiger partial charge in [0.05, 0.1) is 23.3 Å². The number of carbonyl (C=O) groups excluding carboxylic acids is 1. The third-order valence-corrected chi connectivity index (χ3v) is 4.13. The zero-order chi connectivity index (χ0) is 15.1. The molecule has 0 aliphatic rings. The maximum absolute atomic E-state index is 12.2. The highest BCUT2D eigenvalue weighted by Gasteiger charge is 2.15. The molecule has 0 fully saturated rings. The SMILES string of the molecule is Cc1nc(N)sc1C(=O)Nc1cnc2c(c1)c(C)nn2C. The highest BCUT2D eigenvalue weighted by molar-refractivity contribution is 7.17. The van der Waals surface area contributed by atoms with Gasteiger partial charge in [0.1, 0.15) is 4.88 Å². The lowest BCUT2D eigenvalue weighted by atomic mass is 10.2. The molecular weight excluding hydrogens is 288 g/mol. The van der Waals surface area contributed by atoms with E-state index < -0.39 is 0 Å². The van der Waals surface area contributed by atoms with E-state index in [9.17, 15) is 4.79 Å². The first-order valence-corrected chi connectivity index (χ1v) is 7.11. The van der Waals surface area contributed by atoms with Crippen LogP contribution < -0.4 is 11.1 Å². The van der Waals surface area contributed by atoms with Gasteiger partial charge in [-0.05, 0) is 19.9 Å². The summed E-state index contributed by atoms with van der Waals surface area (Å²) in [5, 5.41) is 8.42. The van der Waals surface area contributed by atoms with Gasteiger partial charge in [-0.25, -0.2) is 9.97 Å². The minimum Gasteiger partial charge on any atom is -0.375 e. The van der Waals surface area contributed by atoms with Crippen LogP contribution in [0.3, 0.4) is 0 Å². The molecule has 0 unspecified atom stereocenters. The van der Waals surface area contributed by atoms with Crippen LogP contribution in [0.4, 0.5) is 10.8 Å². The van der Waals surface area contributed by atoms with E-state index in [1.807, 2.05) is 20.0 Å². The summed E-state index contributed by atoms with van der Waals surface area (Å²) in [6, 6.07) is 1.86. The fourth-order valence-electron chi connectivity index (χ4n) is 2.19. The van der Waals surface area contributed by atoms with Crippen LogP contribution in [0.15, 0.2) is 12.3 Å². The number of nitrogen functional groups attached to an aromatic ring is 1. The van der Waals surface area contributed by atoms with Crippen molar-refractivity contribution in [3.05, 3.63) is 28.5 Å². The summed E-state index contributed by atoms with van der Waals surface area (Å²) < 4.78 is 1.71. The molecule has 0 spiro atoms. The first-order chi connectivity index (χ1) is 9.95. The Morgan fingerprint density at radius 3 is 2.81 bits per heavy atom. The van der Waals surface area contributed by atoms with Gasteiger partial charge in [0.15, 0.2) is 10.8 Å². The van der Waals surface area contributed by atoms with Crippen molar-refractivity contribution in [1.82, 2.24) is 19.7 Å². The second-order valence-electron chi connectivity index (χ2n) is 4.72. The Bertz CT molecular complexity index is 850. The van der Waals surface area contributed by atoms with Crippen LogP contribution in [0.2, 0.25) is 0 Å². The van der Waals surface area contributed by atoms with Crippen molar-refractivity contribution < 1.29 is 4.79 Å². The summed E-state index contributed by atoms with van der Waals surface area (Å²) in [5.74, 6) is -0.232. The Morgan fingerprint density at radius 1 is 1.38 bits per heavy atom. The molecule has 8 heteroatoms. The predicted molar refractivity (Wildman–Crippen MR) is 82.5 cm³/mol. The molecule has 3 aromatic rings. The van der Waals surface area contributed by atoms with E-state index in [4.69, 9.17) is 5.73 Å². The number of aryl methyl sites for hydroxylation is 3. The first kappa shape index (κ1) is 13.5. The van der Waals surface area contributed by atoms with Gasteiger partial charge in [-0.1, -0.05) is 11.3 Å². The van der Waals surface area contributed by atoms with Gasteiger partial charge in [0, 0.05) is 12.4 Å². The molecule has 0 bridgehead atoms. The first-order valence-electron chi connectivity index (χ1n) is 6.29. The molecule has 3 heterocycles. The second-order valence-corrected chi connectivity index (χ2v) is 5.76. The molecule has 7 nitrogen and oxygen atoms in total. The molecule has 0 radical (unpaired) electrons. The lowest BCUT2D eigenvalue weighted by Crippen LogP contribution is -2.11. The molecule has 21 heavy (non-hydrogen) atoms. The fourth-order valence-corrected chi connectivity index (χ4v) is 2.92. The van der Waals surface area contributed by atoms with Crippen LogP contribution in [0, 0.1) is 13.8 Å². The van der Waals surface area contributed by atoms with Gasteiger partial charge in [-0.15, -0.1) is 0 Å². The molecule has 1 amide bonds. The van der Waals surface area contributed by atoms with Crippen LogP contribution in [-0.2, 0) is 7.05 Å². The second kappa shape index (κ2) is 4.81. The van der Waals surface area contributed by atoms with Crippen LogP contribution in [0.25, 0.3) is 11.0 Å². The highest BCUT2D eigenvalue weighted by Crippen LogP contribution is 2.23. The molecule has 0 saturated carbocycles. The normalized spacial score (nSPS) is 11.0. The minimum atomic E-state index is -0.232. The van der Waals surface area contributed by atoms with Crippen molar-refractivity contribution in [3.63, 3.8) is 0 Å². The molecule has 108 valence electrons. The molecule has 0 saturated heterocycles. The van der Waals surface area contributed by atoms with Gasteiger partial charge in [-0.3, -0.25) is 9.48 Å². The number of hydrogen-bond donors (Lipinski definition) is 2. The number of carbonyl (C=O) groups is 1. The number of aromatic nitrogens is 4. The summed E-state index contributed by atoms with van der Waals surface area (Å²) in [4.78, 5) is 21.1. The average molecular weight is 302 g/mol. The number of hydrogen-bond acceptors (Lipinski definition) is 6. The Labute approximate surface area is 124 Å². The van der Waals surface area contributed by atoms with Crippen LogP contribution in [0.1, 0.15) is 21.1 Å². The fraction of sp³-hybridized carbons (Fsp3) is 0.231. The summed E-state index contributed by atoms with van der Waals surface area (Å²) in [7, 11) is 1.84. The molecule has 0 aliphatic carbocycles. The summed E-state index contributed by atoms with van der Waals surface area (Å²) in [6.45, 7) is 3.66. The van der Waals surface area contributed by atoms with Crippen molar-refractivity contribution in [3.8, 4) is 0 Å². The number of nitrogens with two attached hydrogens (primary N) is 1. The van der Waals surface area contributed by atoms with Crippen molar-refractivity contribution in [2.75, 3.05) is 11.1 Å². The third kappa shape index (κ3) is 2.33. The third-order valence-electron chi connectivity index (χ3n) is 3.14. The van der Waals surface area contributed by atoms with E-state index >= 15 is 0 Å². The molecule has 3 N–H and O–H groups in total. The Morgan fingerprint density at radius 2 is 2.14 bits per heavy atom.